The number of ether oxygens (including phenoxy) is 1. The standard InChI is InChI=1S/C27H21F2NO2S/c1-15(2)24-21-8-5-7-19(16-12-17(28)14-18(29)13-16)25(21)33-26(24)27(31)30-22-10-11-32-23-9-4-3-6-20(22)23/h3-9,12-14,22H,1,10-11H2,2H3,(H,30,31)/t22-/m0/s1. The summed E-state index contributed by atoms with van der Waals surface area (Å²) in [6.07, 6.45) is 0.671. The van der Waals surface area contributed by atoms with E-state index < -0.39 is 11.6 Å². The first-order valence-electron chi connectivity index (χ1n) is 10.6. The highest BCUT2D eigenvalue weighted by Crippen LogP contribution is 2.41. The lowest BCUT2D eigenvalue weighted by atomic mass is 9.98. The normalized spacial score (nSPS) is 15.1. The van der Waals surface area contributed by atoms with Crippen molar-refractivity contribution in [1.82, 2.24) is 5.32 Å². The number of thiophene rings is 1. The highest BCUT2D eigenvalue weighted by Gasteiger charge is 2.26. The van der Waals surface area contributed by atoms with Gasteiger partial charge in [0.05, 0.1) is 12.6 Å². The summed E-state index contributed by atoms with van der Waals surface area (Å²) in [5, 5.41) is 4.00. The first kappa shape index (κ1) is 21.3. The van der Waals surface area contributed by atoms with Gasteiger partial charge in [-0.2, -0.15) is 0 Å². The van der Waals surface area contributed by atoms with Gasteiger partial charge in [-0.15, -0.1) is 11.3 Å². The third-order valence-electron chi connectivity index (χ3n) is 5.79. The van der Waals surface area contributed by atoms with Crippen molar-refractivity contribution in [3.8, 4) is 16.9 Å². The van der Waals surface area contributed by atoms with Crippen LogP contribution < -0.4 is 10.1 Å². The molecule has 0 aliphatic carbocycles. The monoisotopic (exact) mass is 461 g/mol. The van der Waals surface area contributed by atoms with Gasteiger partial charge in [-0.1, -0.05) is 43.0 Å². The highest BCUT2D eigenvalue weighted by atomic mass is 32.1. The molecule has 166 valence electrons. The molecule has 0 radical (unpaired) electrons. The molecule has 0 saturated carbocycles. The molecule has 1 aliphatic rings. The second kappa shape index (κ2) is 8.45. The van der Waals surface area contributed by atoms with Crippen LogP contribution in [0.25, 0.3) is 26.8 Å². The molecule has 33 heavy (non-hydrogen) atoms. The van der Waals surface area contributed by atoms with Gasteiger partial charge in [-0.05, 0) is 41.8 Å². The molecular weight excluding hydrogens is 440 g/mol. The summed E-state index contributed by atoms with van der Waals surface area (Å²) < 4.78 is 34.3. The third-order valence-corrected chi connectivity index (χ3v) is 7.02. The summed E-state index contributed by atoms with van der Waals surface area (Å²) in [6, 6.07) is 16.5. The molecule has 3 aromatic carbocycles. The Kier molecular flexibility index (Phi) is 5.46. The van der Waals surface area contributed by atoms with E-state index in [0.29, 0.717) is 29.0 Å². The maximum atomic E-state index is 13.9. The maximum absolute atomic E-state index is 13.9. The number of nitrogens with one attached hydrogen (secondary N) is 1. The molecule has 0 fully saturated rings. The van der Waals surface area contributed by atoms with Crippen LogP contribution in [-0.2, 0) is 0 Å². The maximum Gasteiger partial charge on any atom is 0.262 e. The SMILES string of the molecule is C=C(C)c1c(C(=O)N[C@H]2CCOc3ccccc32)sc2c(-c3cc(F)cc(F)c3)cccc12. The number of carbonyl (C=O) groups excluding carboxylic acids is 1. The van der Waals surface area contributed by atoms with E-state index in [1.807, 2.05) is 49.4 Å². The lowest BCUT2D eigenvalue weighted by molar-refractivity contribution is 0.0928. The minimum Gasteiger partial charge on any atom is -0.493 e. The van der Waals surface area contributed by atoms with Crippen LogP contribution in [0.3, 0.4) is 0 Å². The number of fused-ring (bicyclic) bond motifs is 2. The average Bonchev–Trinajstić information content (AvgIpc) is 3.19. The van der Waals surface area contributed by atoms with Crippen molar-refractivity contribution in [1.29, 1.82) is 0 Å². The van der Waals surface area contributed by atoms with E-state index in [4.69, 9.17) is 4.74 Å². The summed E-state index contributed by atoms with van der Waals surface area (Å²) in [5.41, 5.74) is 3.56. The first-order chi connectivity index (χ1) is 15.9. The summed E-state index contributed by atoms with van der Waals surface area (Å²) in [5.74, 6) is -0.710. The second-order valence-electron chi connectivity index (χ2n) is 8.13. The molecule has 4 aromatic rings. The Morgan fingerprint density at radius 1 is 1.09 bits per heavy atom. The fourth-order valence-electron chi connectivity index (χ4n) is 4.36. The summed E-state index contributed by atoms with van der Waals surface area (Å²) in [6.45, 7) is 6.47. The van der Waals surface area contributed by atoms with E-state index in [-0.39, 0.29) is 11.9 Å². The van der Waals surface area contributed by atoms with Gasteiger partial charge in [-0.3, -0.25) is 4.79 Å². The van der Waals surface area contributed by atoms with Gasteiger partial charge in [0.15, 0.2) is 0 Å². The quantitative estimate of drug-likeness (QED) is 0.351. The minimum absolute atomic E-state index is 0.164. The number of benzene rings is 3. The van der Waals surface area contributed by atoms with Crippen molar-refractivity contribution in [2.24, 2.45) is 0 Å². The van der Waals surface area contributed by atoms with Crippen LogP contribution in [0, 0.1) is 11.6 Å². The third kappa shape index (κ3) is 3.91. The van der Waals surface area contributed by atoms with Crippen molar-refractivity contribution in [3.63, 3.8) is 0 Å². The zero-order chi connectivity index (χ0) is 23.1. The van der Waals surface area contributed by atoms with E-state index in [2.05, 4.69) is 11.9 Å². The molecular formula is C27H21F2NO2S. The van der Waals surface area contributed by atoms with Gasteiger partial charge in [0.25, 0.3) is 5.91 Å². The number of rotatable bonds is 4. The first-order valence-corrected chi connectivity index (χ1v) is 11.4. The Morgan fingerprint density at radius 3 is 2.61 bits per heavy atom. The van der Waals surface area contributed by atoms with Crippen molar-refractivity contribution in [2.45, 2.75) is 19.4 Å². The van der Waals surface area contributed by atoms with E-state index in [9.17, 15) is 13.6 Å². The van der Waals surface area contributed by atoms with E-state index in [1.54, 1.807) is 0 Å². The van der Waals surface area contributed by atoms with Crippen LogP contribution in [0.1, 0.15) is 40.2 Å². The van der Waals surface area contributed by atoms with Crippen LogP contribution in [0.4, 0.5) is 8.78 Å². The molecule has 0 unspecified atom stereocenters. The van der Waals surface area contributed by atoms with Crippen molar-refractivity contribution < 1.29 is 18.3 Å². The number of allylic oxidation sites excluding steroid dienone is 1. The van der Waals surface area contributed by atoms with Gasteiger partial charge in [0.2, 0.25) is 0 Å². The lowest BCUT2D eigenvalue weighted by Gasteiger charge is -2.26. The van der Waals surface area contributed by atoms with Crippen LogP contribution >= 0.6 is 11.3 Å². The lowest BCUT2D eigenvalue weighted by Crippen LogP contribution is -2.32. The number of para-hydroxylation sites is 1. The predicted molar refractivity (Wildman–Crippen MR) is 129 cm³/mol. The summed E-state index contributed by atoms with van der Waals surface area (Å²) in [7, 11) is 0. The zero-order valence-electron chi connectivity index (χ0n) is 18.0. The van der Waals surface area contributed by atoms with Gasteiger partial charge in [0, 0.05) is 33.7 Å². The molecule has 2 heterocycles. The minimum atomic E-state index is -0.644. The fourth-order valence-corrected chi connectivity index (χ4v) is 5.67. The van der Waals surface area contributed by atoms with Crippen LogP contribution in [0.5, 0.6) is 5.75 Å². The number of hydrogen-bond donors (Lipinski definition) is 1. The van der Waals surface area contributed by atoms with Crippen LogP contribution in [0.15, 0.2) is 67.2 Å². The van der Waals surface area contributed by atoms with E-state index >= 15 is 0 Å². The number of halogens is 2. The Hall–Kier alpha value is -3.51. The number of hydrogen-bond acceptors (Lipinski definition) is 3. The van der Waals surface area contributed by atoms with Gasteiger partial charge in [0.1, 0.15) is 22.3 Å². The smallest absolute Gasteiger partial charge is 0.262 e. The molecule has 1 N–H and O–H groups in total. The highest BCUT2D eigenvalue weighted by molar-refractivity contribution is 7.21. The van der Waals surface area contributed by atoms with Crippen molar-refractivity contribution in [2.75, 3.05) is 6.61 Å². The Balaban J connectivity index is 1.59. The Bertz CT molecular complexity index is 1390. The Morgan fingerprint density at radius 2 is 1.85 bits per heavy atom. The van der Waals surface area contributed by atoms with Gasteiger partial charge in [-0.25, -0.2) is 8.78 Å². The predicted octanol–water partition coefficient (Wildman–Crippen LogP) is 7.13. The molecule has 5 rings (SSSR count). The average molecular weight is 462 g/mol. The fraction of sp³-hybridized carbons (Fsp3) is 0.148. The number of carbonyl (C=O) groups is 1. The van der Waals surface area contributed by atoms with Crippen molar-refractivity contribution in [3.05, 3.63) is 94.9 Å². The van der Waals surface area contributed by atoms with Crippen LogP contribution in [-0.4, -0.2) is 12.5 Å². The van der Waals surface area contributed by atoms with Gasteiger partial charge >= 0.3 is 0 Å². The summed E-state index contributed by atoms with van der Waals surface area (Å²) in [4.78, 5) is 14.0. The Labute approximate surface area is 194 Å². The number of amides is 1. The largest absolute Gasteiger partial charge is 0.493 e. The van der Waals surface area contributed by atoms with E-state index in [0.717, 1.165) is 38.6 Å². The molecule has 1 aromatic heterocycles. The molecule has 1 amide bonds. The second-order valence-corrected chi connectivity index (χ2v) is 9.15. The molecule has 3 nitrogen and oxygen atoms in total. The van der Waals surface area contributed by atoms with Gasteiger partial charge < -0.3 is 10.1 Å². The topological polar surface area (TPSA) is 38.3 Å². The molecule has 1 aliphatic heterocycles. The van der Waals surface area contributed by atoms with Crippen LogP contribution in [0.2, 0.25) is 0 Å². The molecule has 6 heteroatoms. The van der Waals surface area contributed by atoms with E-state index in [1.165, 1.54) is 23.5 Å². The molecule has 1 atom stereocenters. The zero-order valence-corrected chi connectivity index (χ0v) is 18.8. The van der Waals surface area contributed by atoms with Crippen molar-refractivity contribution >= 4 is 32.9 Å². The summed E-state index contributed by atoms with van der Waals surface area (Å²) >= 11 is 1.31. The molecule has 0 bridgehead atoms. The molecule has 0 saturated heterocycles. The molecule has 0 spiro atoms.